The molecule has 1 aromatic carbocycles. The molecule has 0 fully saturated rings. The lowest BCUT2D eigenvalue weighted by atomic mass is 10.1. The van der Waals surface area contributed by atoms with E-state index in [2.05, 4.69) is 17.2 Å². The minimum atomic E-state index is -0.122. The second-order valence-electron chi connectivity index (χ2n) is 4.12. The molecule has 0 bridgehead atoms. The topological polar surface area (TPSA) is 64.3 Å². The van der Waals surface area contributed by atoms with Gasteiger partial charge < -0.3 is 15.8 Å². The molecule has 4 nitrogen and oxygen atoms in total. The van der Waals surface area contributed by atoms with Gasteiger partial charge in [0.2, 0.25) is 0 Å². The van der Waals surface area contributed by atoms with Gasteiger partial charge in [-0.15, -0.1) is 0 Å². The molecule has 0 aromatic heterocycles. The Morgan fingerprint density at radius 3 is 3.00 bits per heavy atom. The zero-order valence-electron chi connectivity index (χ0n) is 11.4. The Hall–Kier alpha value is -1.83. The SMILES string of the molecule is CCOCC(C)NC(=O)c1cccc(C#CCN)c1. The fourth-order valence-electron chi connectivity index (χ4n) is 1.53. The van der Waals surface area contributed by atoms with E-state index >= 15 is 0 Å². The van der Waals surface area contributed by atoms with Crippen LogP contribution in [-0.4, -0.2) is 31.7 Å². The van der Waals surface area contributed by atoms with Gasteiger partial charge in [0.1, 0.15) is 0 Å². The summed E-state index contributed by atoms with van der Waals surface area (Å²) in [5.74, 6) is 5.55. The maximum atomic E-state index is 12.0. The molecule has 1 amide bonds. The molecule has 1 atom stereocenters. The van der Waals surface area contributed by atoms with Crippen molar-refractivity contribution in [3.05, 3.63) is 35.4 Å². The van der Waals surface area contributed by atoms with E-state index < -0.39 is 0 Å². The summed E-state index contributed by atoms with van der Waals surface area (Å²) in [6.07, 6.45) is 0. The molecule has 3 N–H and O–H groups in total. The van der Waals surface area contributed by atoms with E-state index in [-0.39, 0.29) is 11.9 Å². The second-order valence-corrected chi connectivity index (χ2v) is 4.12. The summed E-state index contributed by atoms with van der Waals surface area (Å²) in [5, 5.41) is 2.88. The second kappa shape index (κ2) is 8.30. The molecule has 0 aliphatic carbocycles. The number of rotatable bonds is 5. The third-order valence-electron chi connectivity index (χ3n) is 2.41. The van der Waals surface area contributed by atoms with Crippen LogP contribution in [0.3, 0.4) is 0 Å². The van der Waals surface area contributed by atoms with E-state index in [0.29, 0.717) is 25.3 Å². The first-order chi connectivity index (χ1) is 9.17. The highest BCUT2D eigenvalue weighted by Crippen LogP contribution is 2.04. The van der Waals surface area contributed by atoms with Crippen molar-refractivity contribution in [1.82, 2.24) is 5.32 Å². The summed E-state index contributed by atoms with van der Waals surface area (Å²) < 4.78 is 5.26. The van der Waals surface area contributed by atoms with Crippen LogP contribution in [0, 0.1) is 11.8 Å². The smallest absolute Gasteiger partial charge is 0.251 e. The molecular weight excluding hydrogens is 240 g/mol. The van der Waals surface area contributed by atoms with Crippen LogP contribution >= 0.6 is 0 Å². The summed E-state index contributed by atoms with van der Waals surface area (Å²) in [5.41, 5.74) is 6.70. The van der Waals surface area contributed by atoms with Crippen molar-refractivity contribution in [1.29, 1.82) is 0 Å². The van der Waals surface area contributed by atoms with E-state index in [1.807, 2.05) is 26.0 Å². The number of carbonyl (C=O) groups excluding carboxylic acids is 1. The van der Waals surface area contributed by atoms with Crippen LogP contribution in [-0.2, 0) is 4.74 Å². The Labute approximate surface area is 114 Å². The quantitative estimate of drug-likeness (QED) is 0.781. The van der Waals surface area contributed by atoms with E-state index in [0.717, 1.165) is 5.56 Å². The predicted molar refractivity (Wildman–Crippen MR) is 75.8 cm³/mol. The molecule has 0 radical (unpaired) electrons. The Morgan fingerprint density at radius 2 is 2.32 bits per heavy atom. The van der Waals surface area contributed by atoms with Crippen LogP contribution in [0.5, 0.6) is 0 Å². The highest BCUT2D eigenvalue weighted by Gasteiger charge is 2.09. The predicted octanol–water partition coefficient (Wildman–Crippen LogP) is 1.15. The van der Waals surface area contributed by atoms with Gasteiger partial charge in [-0.05, 0) is 32.0 Å². The number of hydrogen-bond donors (Lipinski definition) is 2. The molecule has 0 saturated heterocycles. The van der Waals surface area contributed by atoms with E-state index in [4.69, 9.17) is 10.5 Å². The number of carbonyl (C=O) groups is 1. The molecular formula is C15H20N2O2. The number of hydrogen-bond acceptors (Lipinski definition) is 3. The number of ether oxygens (including phenoxy) is 1. The number of nitrogens with one attached hydrogen (secondary N) is 1. The molecule has 0 spiro atoms. The van der Waals surface area contributed by atoms with Crippen molar-refractivity contribution in [2.75, 3.05) is 19.8 Å². The molecule has 1 aromatic rings. The highest BCUT2D eigenvalue weighted by molar-refractivity contribution is 5.94. The fourth-order valence-corrected chi connectivity index (χ4v) is 1.53. The van der Waals surface area contributed by atoms with Gasteiger partial charge in [-0.3, -0.25) is 4.79 Å². The monoisotopic (exact) mass is 260 g/mol. The van der Waals surface area contributed by atoms with Crippen LogP contribution in [0.15, 0.2) is 24.3 Å². The maximum absolute atomic E-state index is 12.0. The van der Waals surface area contributed by atoms with Gasteiger partial charge in [0.15, 0.2) is 0 Å². The Morgan fingerprint density at radius 1 is 1.53 bits per heavy atom. The average molecular weight is 260 g/mol. The summed E-state index contributed by atoms with van der Waals surface area (Å²) >= 11 is 0. The highest BCUT2D eigenvalue weighted by atomic mass is 16.5. The molecule has 0 heterocycles. The van der Waals surface area contributed by atoms with Crippen molar-refractivity contribution in [3.63, 3.8) is 0 Å². The van der Waals surface area contributed by atoms with Crippen LogP contribution in [0.4, 0.5) is 0 Å². The zero-order valence-corrected chi connectivity index (χ0v) is 11.4. The Bertz CT molecular complexity index is 475. The normalized spacial score (nSPS) is 11.3. The minimum Gasteiger partial charge on any atom is -0.380 e. The lowest BCUT2D eigenvalue weighted by Crippen LogP contribution is -2.35. The molecule has 1 rings (SSSR count). The molecule has 0 saturated carbocycles. The lowest BCUT2D eigenvalue weighted by Gasteiger charge is -2.13. The van der Waals surface area contributed by atoms with Crippen molar-refractivity contribution in [2.45, 2.75) is 19.9 Å². The van der Waals surface area contributed by atoms with Gasteiger partial charge in [-0.25, -0.2) is 0 Å². The first-order valence-electron chi connectivity index (χ1n) is 6.35. The Kier molecular flexibility index (Phi) is 6.65. The van der Waals surface area contributed by atoms with Gasteiger partial charge >= 0.3 is 0 Å². The summed E-state index contributed by atoms with van der Waals surface area (Å²) in [6.45, 7) is 5.29. The third-order valence-corrected chi connectivity index (χ3v) is 2.41. The summed E-state index contributed by atoms with van der Waals surface area (Å²) in [6, 6.07) is 7.15. The average Bonchev–Trinajstić information content (AvgIpc) is 2.43. The summed E-state index contributed by atoms with van der Waals surface area (Å²) in [7, 11) is 0. The van der Waals surface area contributed by atoms with Gasteiger partial charge in [0, 0.05) is 23.8 Å². The van der Waals surface area contributed by atoms with Gasteiger partial charge in [-0.1, -0.05) is 17.9 Å². The van der Waals surface area contributed by atoms with Crippen LogP contribution in [0.1, 0.15) is 29.8 Å². The molecule has 0 aliphatic rings. The van der Waals surface area contributed by atoms with E-state index in [9.17, 15) is 4.79 Å². The molecule has 4 heteroatoms. The van der Waals surface area contributed by atoms with Gasteiger partial charge in [0.05, 0.1) is 13.2 Å². The van der Waals surface area contributed by atoms with Crippen molar-refractivity contribution in [2.24, 2.45) is 5.73 Å². The molecule has 1 unspecified atom stereocenters. The first kappa shape index (κ1) is 15.2. The van der Waals surface area contributed by atoms with Crippen LogP contribution in [0.2, 0.25) is 0 Å². The van der Waals surface area contributed by atoms with E-state index in [1.54, 1.807) is 12.1 Å². The number of nitrogens with two attached hydrogens (primary N) is 1. The minimum absolute atomic E-state index is 0.0220. The van der Waals surface area contributed by atoms with Crippen LogP contribution in [0.25, 0.3) is 0 Å². The van der Waals surface area contributed by atoms with Gasteiger partial charge in [-0.2, -0.15) is 0 Å². The van der Waals surface area contributed by atoms with E-state index in [1.165, 1.54) is 0 Å². The standard InChI is InChI=1S/C15H20N2O2/c1-3-19-11-12(2)17-15(18)14-8-4-6-13(10-14)7-5-9-16/h4,6,8,10,12H,3,9,11,16H2,1-2H3,(H,17,18). The maximum Gasteiger partial charge on any atom is 0.251 e. The van der Waals surface area contributed by atoms with Crippen molar-refractivity contribution in [3.8, 4) is 11.8 Å². The largest absolute Gasteiger partial charge is 0.380 e. The number of benzene rings is 1. The fraction of sp³-hybridized carbons (Fsp3) is 0.400. The lowest BCUT2D eigenvalue weighted by molar-refractivity contribution is 0.0872. The first-order valence-corrected chi connectivity index (χ1v) is 6.35. The van der Waals surface area contributed by atoms with Gasteiger partial charge in [0.25, 0.3) is 5.91 Å². The van der Waals surface area contributed by atoms with Crippen molar-refractivity contribution >= 4 is 5.91 Å². The third kappa shape index (κ3) is 5.56. The van der Waals surface area contributed by atoms with Crippen molar-refractivity contribution < 1.29 is 9.53 Å². The zero-order chi connectivity index (χ0) is 14.1. The number of amides is 1. The van der Waals surface area contributed by atoms with Crippen LogP contribution < -0.4 is 11.1 Å². The molecule has 102 valence electrons. The summed E-state index contributed by atoms with van der Waals surface area (Å²) in [4.78, 5) is 12.0. The molecule has 0 aliphatic heterocycles. The molecule has 19 heavy (non-hydrogen) atoms. The Balaban J connectivity index is 2.66.